The van der Waals surface area contributed by atoms with Gasteiger partial charge in [-0.15, -0.1) is 0 Å². The monoisotopic (exact) mass is 221 g/mol. The van der Waals surface area contributed by atoms with Gasteiger partial charge in [-0.25, -0.2) is 0 Å². The zero-order valence-electron chi connectivity index (χ0n) is 9.95. The van der Waals surface area contributed by atoms with Gasteiger partial charge in [-0.1, -0.05) is 12.1 Å². The van der Waals surface area contributed by atoms with Gasteiger partial charge in [-0.05, 0) is 38.0 Å². The van der Waals surface area contributed by atoms with Crippen LogP contribution in [-0.2, 0) is 11.2 Å². The van der Waals surface area contributed by atoms with Gasteiger partial charge in [0.2, 0.25) is 5.91 Å². The molecule has 0 fully saturated rings. The van der Waals surface area contributed by atoms with E-state index >= 15 is 0 Å². The lowest BCUT2D eigenvalue weighted by atomic mass is 10.1. The lowest BCUT2D eigenvalue weighted by molar-refractivity contribution is -0.120. The standard InChI is InChI=1S/C13H19NO2/c1-3-14-13(15)10-7-11-5-8-12(9-6-11)16-4-2/h5-6,8-9H,3-4,7,10H2,1-2H3,(H,14,15). The minimum atomic E-state index is 0.108. The van der Waals surface area contributed by atoms with Crippen molar-refractivity contribution in [3.05, 3.63) is 29.8 Å². The van der Waals surface area contributed by atoms with Crippen LogP contribution in [0.25, 0.3) is 0 Å². The zero-order valence-corrected chi connectivity index (χ0v) is 9.95. The Kier molecular flexibility index (Phi) is 5.40. The van der Waals surface area contributed by atoms with Crippen molar-refractivity contribution in [1.29, 1.82) is 0 Å². The van der Waals surface area contributed by atoms with Crippen molar-refractivity contribution in [2.24, 2.45) is 0 Å². The highest BCUT2D eigenvalue weighted by atomic mass is 16.5. The molecule has 0 unspecified atom stereocenters. The summed E-state index contributed by atoms with van der Waals surface area (Å²) in [5.74, 6) is 0.987. The molecule has 16 heavy (non-hydrogen) atoms. The lowest BCUT2D eigenvalue weighted by Crippen LogP contribution is -2.22. The second-order valence-corrected chi connectivity index (χ2v) is 3.53. The van der Waals surface area contributed by atoms with Gasteiger partial charge in [0, 0.05) is 13.0 Å². The average Bonchev–Trinajstić information content (AvgIpc) is 2.29. The van der Waals surface area contributed by atoms with Crippen LogP contribution in [0.2, 0.25) is 0 Å². The second kappa shape index (κ2) is 6.88. The van der Waals surface area contributed by atoms with Gasteiger partial charge < -0.3 is 10.1 Å². The van der Waals surface area contributed by atoms with E-state index in [1.807, 2.05) is 38.1 Å². The first-order chi connectivity index (χ1) is 7.76. The van der Waals surface area contributed by atoms with E-state index in [4.69, 9.17) is 4.74 Å². The zero-order chi connectivity index (χ0) is 11.8. The van der Waals surface area contributed by atoms with Crippen LogP contribution >= 0.6 is 0 Å². The molecule has 0 heterocycles. The predicted octanol–water partition coefficient (Wildman–Crippen LogP) is 2.15. The fourth-order valence-electron chi connectivity index (χ4n) is 1.46. The van der Waals surface area contributed by atoms with Gasteiger partial charge in [0.15, 0.2) is 0 Å². The Labute approximate surface area is 96.8 Å². The summed E-state index contributed by atoms with van der Waals surface area (Å²) in [6, 6.07) is 7.89. The summed E-state index contributed by atoms with van der Waals surface area (Å²) in [6.45, 7) is 5.26. The summed E-state index contributed by atoms with van der Waals surface area (Å²) in [5, 5.41) is 2.78. The highest BCUT2D eigenvalue weighted by Crippen LogP contribution is 2.13. The van der Waals surface area contributed by atoms with Crippen molar-refractivity contribution in [1.82, 2.24) is 5.32 Å². The maximum absolute atomic E-state index is 11.3. The molecule has 0 radical (unpaired) electrons. The molecule has 1 N–H and O–H groups in total. The normalized spacial score (nSPS) is 9.88. The molecular formula is C13H19NO2. The van der Waals surface area contributed by atoms with E-state index in [9.17, 15) is 4.79 Å². The van der Waals surface area contributed by atoms with E-state index in [0.29, 0.717) is 19.6 Å². The fraction of sp³-hybridized carbons (Fsp3) is 0.462. The minimum Gasteiger partial charge on any atom is -0.494 e. The second-order valence-electron chi connectivity index (χ2n) is 3.53. The SMILES string of the molecule is CCNC(=O)CCc1ccc(OCC)cc1. The van der Waals surface area contributed by atoms with E-state index in [2.05, 4.69) is 5.32 Å². The molecule has 0 aliphatic carbocycles. The Morgan fingerprint density at radius 2 is 1.94 bits per heavy atom. The first kappa shape index (κ1) is 12.6. The largest absolute Gasteiger partial charge is 0.494 e. The third-order valence-corrected chi connectivity index (χ3v) is 2.25. The van der Waals surface area contributed by atoms with Crippen LogP contribution in [0, 0.1) is 0 Å². The molecule has 0 aromatic heterocycles. The molecule has 1 amide bonds. The van der Waals surface area contributed by atoms with E-state index in [1.165, 1.54) is 0 Å². The highest BCUT2D eigenvalue weighted by molar-refractivity contribution is 5.76. The molecule has 3 heteroatoms. The first-order valence-electron chi connectivity index (χ1n) is 5.74. The number of amides is 1. The van der Waals surface area contributed by atoms with Crippen LogP contribution in [0.3, 0.4) is 0 Å². The van der Waals surface area contributed by atoms with Crippen LogP contribution in [0.1, 0.15) is 25.8 Å². The molecule has 0 saturated carbocycles. The maximum atomic E-state index is 11.3. The smallest absolute Gasteiger partial charge is 0.220 e. The molecule has 1 aromatic rings. The van der Waals surface area contributed by atoms with Crippen LogP contribution in [-0.4, -0.2) is 19.1 Å². The van der Waals surface area contributed by atoms with E-state index < -0.39 is 0 Å². The van der Waals surface area contributed by atoms with Gasteiger partial charge in [0.05, 0.1) is 6.61 Å². The molecule has 0 bridgehead atoms. The molecule has 1 rings (SSSR count). The third-order valence-electron chi connectivity index (χ3n) is 2.25. The number of aryl methyl sites for hydroxylation is 1. The van der Waals surface area contributed by atoms with Gasteiger partial charge in [-0.2, -0.15) is 0 Å². The Balaban J connectivity index is 2.40. The van der Waals surface area contributed by atoms with Gasteiger partial charge in [-0.3, -0.25) is 4.79 Å². The molecule has 0 atom stereocenters. The third kappa shape index (κ3) is 4.34. The summed E-state index contributed by atoms with van der Waals surface area (Å²) in [6.07, 6.45) is 1.32. The quantitative estimate of drug-likeness (QED) is 0.799. The molecule has 0 aliphatic heterocycles. The number of ether oxygens (including phenoxy) is 1. The molecule has 0 aliphatic rings. The number of nitrogens with one attached hydrogen (secondary N) is 1. The predicted molar refractivity (Wildman–Crippen MR) is 64.6 cm³/mol. The average molecular weight is 221 g/mol. The Morgan fingerprint density at radius 3 is 2.50 bits per heavy atom. The van der Waals surface area contributed by atoms with Gasteiger partial charge in [0.25, 0.3) is 0 Å². The molecule has 88 valence electrons. The Bertz CT molecular complexity index is 319. The van der Waals surface area contributed by atoms with Crippen LogP contribution in [0.4, 0.5) is 0 Å². The van der Waals surface area contributed by atoms with Crippen molar-refractivity contribution >= 4 is 5.91 Å². The molecule has 0 saturated heterocycles. The van der Waals surface area contributed by atoms with Crippen molar-refractivity contribution in [3.63, 3.8) is 0 Å². The molecule has 0 spiro atoms. The maximum Gasteiger partial charge on any atom is 0.220 e. The fourth-order valence-corrected chi connectivity index (χ4v) is 1.46. The number of carbonyl (C=O) groups excluding carboxylic acids is 1. The van der Waals surface area contributed by atoms with E-state index in [1.54, 1.807) is 0 Å². The minimum absolute atomic E-state index is 0.108. The van der Waals surface area contributed by atoms with Crippen molar-refractivity contribution in [3.8, 4) is 5.75 Å². The number of hydrogen-bond donors (Lipinski definition) is 1. The summed E-state index contributed by atoms with van der Waals surface area (Å²) in [7, 11) is 0. The molecular weight excluding hydrogens is 202 g/mol. The van der Waals surface area contributed by atoms with E-state index in [0.717, 1.165) is 17.7 Å². The summed E-state index contributed by atoms with van der Waals surface area (Å²) < 4.78 is 5.35. The summed E-state index contributed by atoms with van der Waals surface area (Å²) in [5.41, 5.74) is 1.16. The van der Waals surface area contributed by atoms with Crippen molar-refractivity contribution < 1.29 is 9.53 Å². The van der Waals surface area contributed by atoms with Gasteiger partial charge in [0.1, 0.15) is 5.75 Å². The molecule has 1 aromatic carbocycles. The van der Waals surface area contributed by atoms with Crippen molar-refractivity contribution in [2.75, 3.05) is 13.2 Å². The van der Waals surface area contributed by atoms with Gasteiger partial charge >= 0.3 is 0 Å². The van der Waals surface area contributed by atoms with Crippen LogP contribution in [0.15, 0.2) is 24.3 Å². The number of benzene rings is 1. The highest BCUT2D eigenvalue weighted by Gasteiger charge is 2.00. The van der Waals surface area contributed by atoms with Crippen LogP contribution < -0.4 is 10.1 Å². The van der Waals surface area contributed by atoms with Crippen molar-refractivity contribution in [2.45, 2.75) is 26.7 Å². The summed E-state index contributed by atoms with van der Waals surface area (Å²) >= 11 is 0. The first-order valence-corrected chi connectivity index (χ1v) is 5.74. The number of hydrogen-bond acceptors (Lipinski definition) is 2. The number of rotatable bonds is 6. The number of carbonyl (C=O) groups is 1. The van der Waals surface area contributed by atoms with E-state index in [-0.39, 0.29) is 5.91 Å². The Morgan fingerprint density at radius 1 is 1.25 bits per heavy atom. The molecule has 3 nitrogen and oxygen atoms in total. The van der Waals surface area contributed by atoms with Crippen LogP contribution in [0.5, 0.6) is 5.75 Å². The topological polar surface area (TPSA) is 38.3 Å². The summed E-state index contributed by atoms with van der Waals surface area (Å²) in [4.78, 5) is 11.3. The Hall–Kier alpha value is -1.51. The lowest BCUT2D eigenvalue weighted by Gasteiger charge is -2.05.